The molecule has 1 unspecified atom stereocenters. The van der Waals surface area contributed by atoms with Crippen molar-refractivity contribution in [1.29, 1.82) is 0 Å². The normalized spacial score (nSPS) is 12.2. The van der Waals surface area contributed by atoms with Crippen LogP contribution in [0.1, 0.15) is 25.8 Å². The number of carbonyl (C=O) groups excluding carboxylic acids is 2. The first kappa shape index (κ1) is 27.2. The van der Waals surface area contributed by atoms with Gasteiger partial charge in [-0.2, -0.15) is 0 Å². The predicted molar refractivity (Wildman–Crippen MR) is 133 cm³/mol. The molecule has 0 saturated carbocycles. The average Bonchev–Trinajstić information content (AvgIpc) is 2.76. The summed E-state index contributed by atoms with van der Waals surface area (Å²) in [7, 11) is -3.91. The molecule has 1 atom stereocenters. The van der Waals surface area contributed by atoms with E-state index in [0.29, 0.717) is 17.1 Å². The first-order valence-electron chi connectivity index (χ1n) is 10.2. The van der Waals surface area contributed by atoms with Crippen LogP contribution in [0.15, 0.2) is 42.5 Å². The zero-order chi connectivity index (χ0) is 24.8. The van der Waals surface area contributed by atoms with Crippen LogP contribution < -0.4 is 9.62 Å². The number of anilines is 1. The quantitative estimate of drug-likeness (QED) is 0.491. The van der Waals surface area contributed by atoms with Crippen LogP contribution in [0.4, 0.5) is 5.69 Å². The number of carbonyl (C=O) groups is 2. The third-order valence-electron chi connectivity index (χ3n) is 4.89. The molecule has 0 aliphatic carbocycles. The Balaban J connectivity index is 2.43. The first-order valence-corrected chi connectivity index (χ1v) is 13.2. The van der Waals surface area contributed by atoms with Crippen LogP contribution in [0.5, 0.6) is 0 Å². The fourth-order valence-corrected chi connectivity index (χ4v) is 4.57. The van der Waals surface area contributed by atoms with Gasteiger partial charge in [0.1, 0.15) is 12.6 Å². The van der Waals surface area contributed by atoms with Gasteiger partial charge in [-0.3, -0.25) is 13.9 Å². The largest absolute Gasteiger partial charge is 0.354 e. The maximum absolute atomic E-state index is 13.4. The van der Waals surface area contributed by atoms with Crippen molar-refractivity contribution >= 4 is 62.3 Å². The van der Waals surface area contributed by atoms with Gasteiger partial charge in [-0.15, -0.1) is 0 Å². The third kappa shape index (κ3) is 7.24. The van der Waals surface area contributed by atoms with Crippen LogP contribution in [-0.4, -0.2) is 50.5 Å². The molecular weight excluding hydrogens is 509 g/mol. The van der Waals surface area contributed by atoms with Crippen LogP contribution in [0.25, 0.3) is 0 Å². The summed E-state index contributed by atoms with van der Waals surface area (Å²) in [5.74, 6) is -0.959. The standard InChI is InChI=1S/C22H26Cl3N3O4S/c1-4-12-26-22(30)15(2)27(13-16-8-5-6-9-17(16)23)20(29)14-28(33(3,31)32)19-11-7-10-18(24)21(19)25/h5-11,15H,4,12-14H2,1-3H3,(H,26,30). The van der Waals surface area contributed by atoms with Gasteiger partial charge in [0.2, 0.25) is 21.8 Å². The summed E-state index contributed by atoms with van der Waals surface area (Å²) >= 11 is 18.6. The second-order valence-corrected chi connectivity index (χ2v) is 10.5. The van der Waals surface area contributed by atoms with Gasteiger partial charge in [-0.25, -0.2) is 8.42 Å². The van der Waals surface area contributed by atoms with E-state index in [2.05, 4.69) is 5.32 Å². The molecule has 0 aromatic heterocycles. The summed E-state index contributed by atoms with van der Waals surface area (Å²) in [5.41, 5.74) is 0.690. The van der Waals surface area contributed by atoms with Gasteiger partial charge in [-0.1, -0.05) is 66.0 Å². The molecule has 33 heavy (non-hydrogen) atoms. The lowest BCUT2D eigenvalue weighted by Gasteiger charge is -2.32. The number of nitrogens with zero attached hydrogens (tertiary/aromatic N) is 2. The number of benzene rings is 2. The summed E-state index contributed by atoms with van der Waals surface area (Å²) in [6.07, 6.45) is 1.69. The summed E-state index contributed by atoms with van der Waals surface area (Å²) in [6, 6.07) is 10.6. The van der Waals surface area contributed by atoms with E-state index >= 15 is 0 Å². The van der Waals surface area contributed by atoms with E-state index in [9.17, 15) is 18.0 Å². The summed E-state index contributed by atoms with van der Waals surface area (Å²) in [5, 5.41) is 3.34. The van der Waals surface area contributed by atoms with Gasteiger partial charge in [-0.05, 0) is 37.1 Å². The van der Waals surface area contributed by atoms with Gasteiger partial charge < -0.3 is 10.2 Å². The number of hydrogen-bond acceptors (Lipinski definition) is 4. The van der Waals surface area contributed by atoms with Crippen LogP contribution in [0, 0.1) is 0 Å². The van der Waals surface area contributed by atoms with Gasteiger partial charge in [0, 0.05) is 18.1 Å². The molecule has 1 N–H and O–H groups in total. The highest BCUT2D eigenvalue weighted by atomic mass is 35.5. The lowest BCUT2D eigenvalue weighted by Crippen LogP contribution is -2.51. The topological polar surface area (TPSA) is 86.8 Å². The molecule has 180 valence electrons. The van der Waals surface area contributed by atoms with Crippen LogP contribution in [-0.2, 0) is 26.2 Å². The molecule has 2 aromatic carbocycles. The summed E-state index contributed by atoms with van der Waals surface area (Å²) in [6.45, 7) is 3.38. The molecule has 0 spiro atoms. The molecule has 0 aliphatic rings. The van der Waals surface area contributed by atoms with Crippen LogP contribution in [0.2, 0.25) is 15.1 Å². The number of nitrogens with one attached hydrogen (secondary N) is 1. The summed E-state index contributed by atoms with van der Waals surface area (Å²) in [4.78, 5) is 27.4. The highest BCUT2D eigenvalue weighted by Gasteiger charge is 2.31. The third-order valence-corrected chi connectivity index (χ3v) is 7.20. The Bertz CT molecular complexity index is 1110. The molecule has 7 nitrogen and oxygen atoms in total. The molecular formula is C22H26Cl3N3O4S. The molecule has 0 saturated heterocycles. The van der Waals surface area contributed by atoms with E-state index < -0.39 is 28.5 Å². The number of amides is 2. The van der Waals surface area contributed by atoms with Crippen molar-refractivity contribution in [3.8, 4) is 0 Å². The maximum atomic E-state index is 13.4. The molecule has 0 heterocycles. The Morgan fingerprint density at radius 1 is 1.03 bits per heavy atom. The fourth-order valence-electron chi connectivity index (χ4n) is 3.07. The lowest BCUT2D eigenvalue weighted by atomic mass is 10.1. The molecule has 2 aromatic rings. The second kappa shape index (κ2) is 11.9. The predicted octanol–water partition coefficient (Wildman–Crippen LogP) is 4.36. The molecule has 11 heteroatoms. The minimum absolute atomic E-state index is 0.00350. The number of hydrogen-bond donors (Lipinski definition) is 1. The first-order chi connectivity index (χ1) is 15.5. The van der Waals surface area contributed by atoms with Crippen molar-refractivity contribution in [1.82, 2.24) is 10.2 Å². The molecule has 2 rings (SSSR count). The SMILES string of the molecule is CCCNC(=O)C(C)N(Cc1ccccc1Cl)C(=O)CN(c1cccc(Cl)c1Cl)S(C)(=O)=O. The number of sulfonamides is 1. The van der Waals surface area contributed by atoms with Crippen LogP contribution in [0.3, 0.4) is 0 Å². The number of halogens is 3. The molecule has 0 bridgehead atoms. The van der Waals surface area contributed by atoms with E-state index in [1.807, 2.05) is 6.92 Å². The summed E-state index contributed by atoms with van der Waals surface area (Å²) < 4.78 is 26.0. The van der Waals surface area contributed by atoms with Crippen molar-refractivity contribution in [2.45, 2.75) is 32.9 Å². The smallest absolute Gasteiger partial charge is 0.244 e. The zero-order valence-corrected chi connectivity index (χ0v) is 21.6. The van der Waals surface area contributed by atoms with Crippen LogP contribution >= 0.6 is 34.8 Å². The monoisotopic (exact) mass is 533 g/mol. The highest BCUT2D eigenvalue weighted by Crippen LogP contribution is 2.33. The van der Waals surface area contributed by atoms with Gasteiger partial charge >= 0.3 is 0 Å². The van der Waals surface area contributed by atoms with E-state index in [-0.39, 0.29) is 28.2 Å². The second-order valence-electron chi connectivity index (χ2n) is 7.42. The van der Waals surface area contributed by atoms with Crippen molar-refractivity contribution in [3.05, 3.63) is 63.1 Å². The van der Waals surface area contributed by atoms with Gasteiger partial charge in [0.05, 0.1) is 22.0 Å². The Hall–Kier alpha value is -2.00. The Labute approximate surface area is 209 Å². The van der Waals surface area contributed by atoms with Gasteiger partial charge in [0.15, 0.2) is 0 Å². The Morgan fingerprint density at radius 3 is 2.27 bits per heavy atom. The molecule has 0 aliphatic heterocycles. The van der Waals surface area contributed by atoms with Crippen molar-refractivity contribution in [2.75, 3.05) is 23.7 Å². The average molecular weight is 535 g/mol. The molecule has 0 fully saturated rings. The minimum Gasteiger partial charge on any atom is -0.354 e. The van der Waals surface area contributed by atoms with E-state index in [4.69, 9.17) is 34.8 Å². The molecule has 0 radical (unpaired) electrons. The van der Waals surface area contributed by atoms with E-state index in [1.54, 1.807) is 31.2 Å². The lowest BCUT2D eigenvalue weighted by molar-refractivity contribution is -0.139. The van der Waals surface area contributed by atoms with Crippen molar-refractivity contribution in [3.63, 3.8) is 0 Å². The number of rotatable bonds is 10. The van der Waals surface area contributed by atoms with Crippen molar-refractivity contribution in [2.24, 2.45) is 0 Å². The molecule has 2 amide bonds. The van der Waals surface area contributed by atoms with Crippen molar-refractivity contribution < 1.29 is 18.0 Å². The Kier molecular flexibility index (Phi) is 9.84. The van der Waals surface area contributed by atoms with E-state index in [1.165, 1.54) is 23.1 Å². The zero-order valence-electron chi connectivity index (χ0n) is 18.5. The maximum Gasteiger partial charge on any atom is 0.244 e. The Morgan fingerprint density at radius 2 is 1.67 bits per heavy atom. The highest BCUT2D eigenvalue weighted by molar-refractivity contribution is 7.92. The minimum atomic E-state index is -3.91. The van der Waals surface area contributed by atoms with Gasteiger partial charge in [0.25, 0.3) is 0 Å². The fraction of sp³-hybridized carbons (Fsp3) is 0.364. The van der Waals surface area contributed by atoms with E-state index in [0.717, 1.165) is 17.0 Å².